The van der Waals surface area contributed by atoms with Gasteiger partial charge in [0.1, 0.15) is 6.04 Å². The highest BCUT2D eigenvalue weighted by atomic mass is 32.1. The van der Waals surface area contributed by atoms with Gasteiger partial charge in [0, 0.05) is 13.0 Å². The molecule has 1 heterocycles. The summed E-state index contributed by atoms with van der Waals surface area (Å²) in [5, 5.41) is 22.4. The summed E-state index contributed by atoms with van der Waals surface area (Å²) in [6.45, 7) is 2.88. The summed E-state index contributed by atoms with van der Waals surface area (Å²) in [7, 11) is 0. The van der Waals surface area contributed by atoms with Crippen molar-refractivity contribution in [3.05, 3.63) is 0 Å². The van der Waals surface area contributed by atoms with Crippen LogP contribution >= 0.6 is 12.2 Å². The van der Waals surface area contributed by atoms with Crippen LogP contribution in [-0.4, -0.2) is 50.8 Å². The van der Waals surface area contributed by atoms with Gasteiger partial charge in [0.15, 0.2) is 5.11 Å². The first-order valence-corrected chi connectivity index (χ1v) is 10.8. The normalized spacial score (nSPS) is 26.9. The van der Waals surface area contributed by atoms with Gasteiger partial charge in [-0.2, -0.15) is 0 Å². The fourth-order valence-corrected chi connectivity index (χ4v) is 4.55. The number of aliphatic hydroxyl groups is 1. The molecule has 7 heteroatoms. The first-order valence-electron chi connectivity index (χ1n) is 10.4. The number of hydrogen-bond donors (Lipinski definition) is 3. The van der Waals surface area contributed by atoms with Gasteiger partial charge in [0.25, 0.3) is 0 Å². The molecule has 154 valence electrons. The second-order valence-corrected chi connectivity index (χ2v) is 8.61. The molecule has 0 aromatic rings. The van der Waals surface area contributed by atoms with Crippen LogP contribution in [0.3, 0.4) is 0 Å². The van der Waals surface area contributed by atoms with Crippen molar-refractivity contribution in [2.24, 2.45) is 11.8 Å². The topological polar surface area (TPSA) is 89.9 Å². The Labute approximate surface area is 167 Å². The van der Waals surface area contributed by atoms with Crippen molar-refractivity contribution >= 4 is 29.2 Å². The SMILES string of the molecule is C[C@H]1CC[C@@H](C(O)CCN2C(=S)NC(=O)C2CCCCCCC(=O)O)CC1. The number of aliphatic carboxylic acids is 1. The number of aliphatic hydroxyl groups excluding tert-OH is 1. The number of carbonyl (C=O) groups is 2. The third kappa shape index (κ3) is 7.03. The first kappa shape index (κ1) is 22.1. The highest BCUT2D eigenvalue weighted by Gasteiger charge is 2.35. The monoisotopic (exact) mass is 398 g/mol. The van der Waals surface area contributed by atoms with Crippen molar-refractivity contribution in [2.45, 2.75) is 89.7 Å². The minimum Gasteiger partial charge on any atom is -0.481 e. The van der Waals surface area contributed by atoms with Gasteiger partial charge in [-0.05, 0) is 56.2 Å². The van der Waals surface area contributed by atoms with Gasteiger partial charge < -0.3 is 20.4 Å². The highest BCUT2D eigenvalue weighted by Crippen LogP contribution is 2.31. The zero-order valence-corrected chi connectivity index (χ0v) is 17.2. The van der Waals surface area contributed by atoms with E-state index in [4.69, 9.17) is 17.3 Å². The molecule has 1 aliphatic heterocycles. The molecule has 2 unspecified atom stereocenters. The fourth-order valence-electron chi connectivity index (χ4n) is 4.23. The Balaban J connectivity index is 1.73. The Bertz CT molecular complexity index is 520. The Kier molecular flexibility index (Phi) is 8.96. The predicted molar refractivity (Wildman–Crippen MR) is 108 cm³/mol. The molecule has 2 fully saturated rings. The van der Waals surface area contributed by atoms with E-state index in [0.717, 1.165) is 44.4 Å². The summed E-state index contributed by atoms with van der Waals surface area (Å²) in [5.74, 6) is 0.328. The molecule has 0 aromatic heterocycles. The summed E-state index contributed by atoms with van der Waals surface area (Å²) in [4.78, 5) is 24.7. The molecule has 0 spiro atoms. The lowest BCUT2D eigenvalue weighted by Crippen LogP contribution is -2.38. The van der Waals surface area contributed by atoms with E-state index in [-0.39, 0.29) is 24.5 Å². The van der Waals surface area contributed by atoms with Crippen LogP contribution in [-0.2, 0) is 9.59 Å². The van der Waals surface area contributed by atoms with Crippen molar-refractivity contribution in [1.29, 1.82) is 0 Å². The van der Waals surface area contributed by atoms with Crippen LogP contribution in [0.1, 0.15) is 77.6 Å². The van der Waals surface area contributed by atoms with Crippen LogP contribution in [0.4, 0.5) is 0 Å². The Morgan fingerprint density at radius 2 is 1.89 bits per heavy atom. The minimum absolute atomic E-state index is 0.0495. The van der Waals surface area contributed by atoms with Crippen molar-refractivity contribution < 1.29 is 19.8 Å². The van der Waals surface area contributed by atoms with E-state index in [9.17, 15) is 14.7 Å². The molecule has 3 N–H and O–H groups in total. The maximum Gasteiger partial charge on any atom is 0.303 e. The molecule has 2 rings (SSSR count). The quantitative estimate of drug-likeness (QED) is 0.366. The molecule has 2 atom stereocenters. The average molecular weight is 399 g/mol. The van der Waals surface area contributed by atoms with E-state index >= 15 is 0 Å². The summed E-state index contributed by atoms with van der Waals surface area (Å²) >= 11 is 5.31. The fraction of sp³-hybridized carbons (Fsp3) is 0.850. The van der Waals surface area contributed by atoms with Crippen molar-refractivity contribution in [1.82, 2.24) is 10.2 Å². The number of amides is 1. The Morgan fingerprint density at radius 1 is 1.22 bits per heavy atom. The van der Waals surface area contributed by atoms with E-state index in [0.29, 0.717) is 30.4 Å². The van der Waals surface area contributed by atoms with E-state index in [1.54, 1.807) is 0 Å². The lowest BCUT2D eigenvalue weighted by Gasteiger charge is -2.31. The van der Waals surface area contributed by atoms with Crippen molar-refractivity contribution in [3.8, 4) is 0 Å². The van der Waals surface area contributed by atoms with Gasteiger partial charge >= 0.3 is 5.97 Å². The number of carboxylic acid groups (broad SMARTS) is 1. The standard InChI is InChI=1S/C20H34N2O4S/c1-14-8-10-15(11-9-14)17(23)12-13-22-16(19(26)21-20(22)27)6-4-2-3-5-7-18(24)25/h14-17,23H,2-13H2,1H3,(H,24,25)(H,21,26,27)/t14-,15+,16?,17?. The van der Waals surface area contributed by atoms with Gasteiger partial charge in [0.05, 0.1) is 6.10 Å². The first-order chi connectivity index (χ1) is 12.9. The molecule has 1 amide bonds. The number of nitrogens with one attached hydrogen (secondary N) is 1. The summed E-state index contributed by atoms with van der Waals surface area (Å²) in [6, 6.07) is -0.254. The summed E-state index contributed by atoms with van der Waals surface area (Å²) in [6.07, 6.45) is 9.13. The number of rotatable bonds is 11. The zero-order chi connectivity index (χ0) is 19.8. The zero-order valence-electron chi connectivity index (χ0n) is 16.4. The Morgan fingerprint density at radius 3 is 2.56 bits per heavy atom. The van der Waals surface area contributed by atoms with E-state index in [2.05, 4.69) is 12.2 Å². The third-order valence-corrected chi connectivity index (χ3v) is 6.40. The minimum atomic E-state index is -0.757. The van der Waals surface area contributed by atoms with Crippen LogP contribution in [0.25, 0.3) is 0 Å². The van der Waals surface area contributed by atoms with Gasteiger partial charge in [-0.25, -0.2) is 0 Å². The van der Waals surface area contributed by atoms with E-state index < -0.39 is 5.97 Å². The van der Waals surface area contributed by atoms with Crippen molar-refractivity contribution in [3.63, 3.8) is 0 Å². The number of unbranched alkanes of at least 4 members (excludes halogenated alkanes) is 3. The molecule has 1 saturated carbocycles. The predicted octanol–water partition coefficient (Wildman–Crippen LogP) is 3.07. The maximum absolute atomic E-state index is 12.2. The molecular weight excluding hydrogens is 364 g/mol. The molecule has 6 nitrogen and oxygen atoms in total. The third-order valence-electron chi connectivity index (χ3n) is 6.06. The van der Waals surface area contributed by atoms with Crippen LogP contribution in [0.2, 0.25) is 0 Å². The summed E-state index contributed by atoms with van der Waals surface area (Å²) < 4.78 is 0. The lowest BCUT2D eigenvalue weighted by atomic mass is 9.79. The lowest BCUT2D eigenvalue weighted by molar-refractivity contribution is -0.137. The second-order valence-electron chi connectivity index (χ2n) is 8.23. The van der Waals surface area contributed by atoms with Crippen LogP contribution in [0.5, 0.6) is 0 Å². The number of nitrogens with zero attached hydrogens (tertiary/aromatic N) is 1. The van der Waals surface area contributed by atoms with Crippen LogP contribution in [0, 0.1) is 11.8 Å². The van der Waals surface area contributed by atoms with Gasteiger partial charge in [-0.15, -0.1) is 0 Å². The molecule has 2 aliphatic rings. The number of carbonyl (C=O) groups excluding carboxylic acids is 1. The van der Waals surface area contributed by atoms with Gasteiger partial charge in [0.2, 0.25) is 5.91 Å². The largest absolute Gasteiger partial charge is 0.481 e. The van der Waals surface area contributed by atoms with Gasteiger partial charge in [-0.3, -0.25) is 9.59 Å². The van der Waals surface area contributed by atoms with E-state index in [1.807, 2.05) is 4.90 Å². The number of hydrogen-bond acceptors (Lipinski definition) is 4. The number of carboxylic acids is 1. The van der Waals surface area contributed by atoms with Crippen LogP contribution in [0.15, 0.2) is 0 Å². The Hall–Kier alpha value is -1.21. The second kappa shape index (κ2) is 11.0. The average Bonchev–Trinajstić information content (AvgIpc) is 2.89. The smallest absolute Gasteiger partial charge is 0.303 e. The molecule has 1 aliphatic carbocycles. The molecule has 0 bridgehead atoms. The number of thiocarbonyl (C=S) groups is 1. The van der Waals surface area contributed by atoms with E-state index in [1.165, 1.54) is 12.8 Å². The molecular formula is C20H34N2O4S. The molecule has 1 saturated heterocycles. The molecule has 0 radical (unpaired) electrons. The summed E-state index contributed by atoms with van der Waals surface area (Å²) in [5.41, 5.74) is 0. The van der Waals surface area contributed by atoms with Crippen LogP contribution < -0.4 is 5.32 Å². The molecule has 0 aromatic carbocycles. The highest BCUT2D eigenvalue weighted by molar-refractivity contribution is 7.80. The van der Waals surface area contributed by atoms with Crippen molar-refractivity contribution in [2.75, 3.05) is 6.54 Å². The maximum atomic E-state index is 12.2. The van der Waals surface area contributed by atoms with Gasteiger partial charge in [-0.1, -0.05) is 39.0 Å². The molecule has 27 heavy (non-hydrogen) atoms.